The van der Waals surface area contributed by atoms with E-state index in [4.69, 9.17) is 4.99 Å². The van der Waals surface area contributed by atoms with Gasteiger partial charge in [0.1, 0.15) is 6.54 Å². The molecule has 0 aliphatic carbocycles. The number of carbonyl (C=O) groups is 1. The van der Waals surface area contributed by atoms with Crippen LogP contribution in [0.2, 0.25) is 0 Å². The van der Waals surface area contributed by atoms with Crippen LogP contribution in [0.5, 0.6) is 0 Å². The summed E-state index contributed by atoms with van der Waals surface area (Å²) in [5.41, 5.74) is 3.00. The number of guanidine groups is 1. The number of anilines is 1. The van der Waals surface area contributed by atoms with Crippen LogP contribution < -0.4 is 10.2 Å². The molecule has 29 heavy (non-hydrogen) atoms. The highest BCUT2D eigenvalue weighted by molar-refractivity contribution is 14.0. The number of hydrogen-bond donors (Lipinski definition) is 2. The number of halogens is 1. The van der Waals surface area contributed by atoms with E-state index in [2.05, 4.69) is 33.6 Å². The zero-order chi connectivity index (χ0) is 19.5. The molecule has 154 valence electrons. The first-order valence-electron chi connectivity index (χ1n) is 9.53. The van der Waals surface area contributed by atoms with Crippen molar-refractivity contribution in [2.45, 2.75) is 13.5 Å². The largest absolute Gasteiger partial charge is 0.357 e. The number of fused-ring (bicyclic) bond motifs is 1. The SMILES string of the molecule is CCNC(=NCc1cc2ccccc2[nH]1)N1CCN(c2cnn(C)c2)C(=O)C1.I. The lowest BCUT2D eigenvalue weighted by Crippen LogP contribution is -2.55. The molecule has 0 atom stereocenters. The maximum atomic E-state index is 12.7. The second-order valence-corrected chi connectivity index (χ2v) is 6.89. The molecule has 4 rings (SSSR count). The Bertz CT molecular complexity index is 976. The summed E-state index contributed by atoms with van der Waals surface area (Å²) in [6, 6.07) is 10.3. The van der Waals surface area contributed by atoms with Crippen molar-refractivity contribution < 1.29 is 4.79 Å². The number of benzene rings is 1. The number of aromatic amines is 1. The summed E-state index contributed by atoms with van der Waals surface area (Å²) >= 11 is 0. The second kappa shape index (κ2) is 9.29. The van der Waals surface area contributed by atoms with Crippen LogP contribution in [0.3, 0.4) is 0 Å². The number of aliphatic imine (C=N–C) groups is 1. The van der Waals surface area contributed by atoms with Gasteiger partial charge in [-0.05, 0) is 24.4 Å². The van der Waals surface area contributed by atoms with E-state index in [1.807, 2.05) is 37.2 Å². The molecule has 3 heterocycles. The van der Waals surface area contributed by atoms with Crippen LogP contribution in [0, 0.1) is 0 Å². The minimum atomic E-state index is 0. The average Bonchev–Trinajstić information content (AvgIpc) is 3.30. The van der Waals surface area contributed by atoms with Crippen LogP contribution in [-0.2, 0) is 18.4 Å². The maximum Gasteiger partial charge on any atom is 0.246 e. The van der Waals surface area contributed by atoms with E-state index in [-0.39, 0.29) is 29.9 Å². The predicted octanol–water partition coefficient (Wildman–Crippen LogP) is 2.33. The van der Waals surface area contributed by atoms with Gasteiger partial charge in [-0.3, -0.25) is 9.48 Å². The van der Waals surface area contributed by atoms with Gasteiger partial charge in [0.15, 0.2) is 5.96 Å². The number of amides is 1. The van der Waals surface area contributed by atoms with Crippen LogP contribution >= 0.6 is 24.0 Å². The molecule has 0 saturated carbocycles. The monoisotopic (exact) mass is 507 g/mol. The smallest absolute Gasteiger partial charge is 0.246 e. The number of nitrogens with one attached hydrogen (secondary N) is 2. The van der Waals surface area contributed by atoms with Gasteiger partial charge in [0.05, 0.1) is 18.4 Å². The van der Waals surface area contributed by atoms with Crippen LogP contribution in [0.4, 0.5) is 5.69 Å². The minimum Gasteiger partial charge on any atom is -0.357 e. The number of aromatic nitrogens is 3. The molecule has 9 heteroatoms. The van der Waals surface area contributed by atoms with Gasteiger partial charge in [-0.15, -0.1) is 24.0 Å². The minimum absolute atomic E-state index is 0. The fourth-order valence-electron chi connectivity index (χ4n) is 3.48. The van der Waals surface area contributed by atoms with E-state index in [1.165, 1.54) is 5.39 Å². The quantitative estimate of drug-likeness (QED) is 0.323. The summed E-state index contributed by atoms with van der Waals surface area (Å²) in [5.74, 6) is 0.816. The van der Waals surface area contributed by atoms with Crippen LogP contribution in [-0.4, -0.2) is 57.7 Å². The first-order valence-corrected chi connectivity index (χ1v) is 9.53. The number of hydrogen-bond acceptors (Lipinski definition) is 3. The van der Waals surface area contributed by atoms with Gasteiger partial charge in [0.2, 0.25) is 5.91 Å². The molecule has 0 unspecified atom stereocenters. The van der Waals surface area contributed by atoms with Crippen molar-refractivity contribution in [3.8, 4) is 0 Å². The molecular formula is C20H26IN7O. The van der Waals surface area contributed by atoms with E-state index >= 15 is 0 Å². The lowest BCUT2D eigenvalue weighted by molar-refractivity contribution is -0.120. The van der Waals surface area contributed by atoms with E-state index in [0.29, 0.717) is 19.6 Å². The van der Waals surface area contributed by atoms with Crippen LogP contribution in [0.1, 0.15) is 12.6 Å². The fraction of sp³-hybridized carbons (Fsp3) is 0.350. The molecule has 1 aliphatic heterocycles. The number of para-hydroxylation sites is 1. The summed E-state index contributed by atoms with van der Waals surface area (Å²) in [6.07, 6.45) is 3.59. The number of nitrogens with zero attached hydrogens (tertiary/aromatic N) is 5. The number of rotatable bonds is 4. The third kappa shape index (κ3) is 4.72. The Morgan fingerprint density at radius 2 is 2.14 bits per heavy atom. The van der Waals surface area contributed by atoms with Crippen LogP contribution in [0.25, 0.3) is 10.9 Å². The molecule has 2 aromatic heterocycles. The van der Waals surface area contributed by atoms with E-state index < -0.39 is 0 Å². The van der Waals surface area contributed by atoms with Gasteiger partial charge >= 0.3 is 0 Å². The second-order valence-electron chi connectivity index (χ2n) is 6.89. The summed E-state index contributed by atoms with van der Waals surface area (Å²) in [7, 11) is 1.85. The van der Waals surface area contributed by atoms with Crippen molar-refractivity contribution in [2.75, 3.05) is 31.1 Å². The molecule has 1 fully saturated rings. The van der Waals surface area contributed by atoms with E-state index in [9.17, 15) is 4.79 Å². The molecule has 0 spiro atoms. The summed E-state index contributed by atoms with van der Waals surface area (Å²) in [4.78, 5) is 24.6. The van der Waals surface area contributed by atoms with Gasteiger partial charge in [-0.1, -0.05) is 18.2 Å². The van der Waals surface area contributed by atoms with Crippen LogP contribution in [0.15, 0.2) is 47.7 Å². The zero-order valence-electron chi connectivity index (χ0n) is 16.6. The number of piperazine rings is 1. The topological polar surface area (TPSA) is 81.6 Å². The number of aryl methyl sites for hydroxylation is 1. The van der Waals surface area contributed by atoms with Crippen molar-refractivity contribution in [3.05, 3.63) is 48.4 Å². The summed E-state index contributed by atoms with van der Waals surface area (Å²) in [6.45, 7) is 4.96. The summed E-state index contributed by atoms with van der Waals surface area (Å²) < 4.78 is 1.71. The average molecular weight is 507 g/mol. The Labute approximate surface area is 187 Å². The highest BCUT2D eigenvalue weighted by Gasteiger charge is 2.27. The molecule has 1 amide bonds. The third-order valence-electron chi connectivity index (χ3n) is 4.84. The molecule has 0 radical (unpaired) electrons. The van der Waals surface area contributed by atoms with E-state index in [0.717, 1.165) is 35.9 Å². The standard InChI is InChI=1S/C20H25N7O.HI/c1-3-21-20(22-11-16-10-15-6-4-5-7-18(15)24-16)26-8-9-27(19(28)14-26)17-12-23-25(2)13-17;/h4-7,10,12-13,24H,3,8-9,11,14H2,1-2H3,(H,21,22);1H. The van der Waals surface area contributed by atoms with Gasteiger partial charge in [0, 0.05) is 44.1 Å². The van der Waals surface area contributed by atoms with Crippen molar-refractivity contribution in [1.29, 1.82) is 0 Å². The van der Waals surface area contributed by atoms with Gasteiger partial charge < -0.3 is 20.1 Å². The predicted molar refractivity (Wildman–Crippen MR) is 126 cm³/mol. The fourth-order valence-corrected chi connectivity index (χ4v) is 3.48. The molecule has 0 bridgehead atoms. The lowest BCUT2D eigenvalue weighted by atomic mass is 10.2. The molecule has 1 aromatic carbocycles. The van der Waals surface area contributed by atoms with E-state index in [1.54, 1.807) is 15.8 Å². The molecule has 3 aromatic rings. The molecule has 1 saturated heterocycles. The maximum absolute atomic E-state index is 12.7. The van der Waals surface area contributed by atoms with Gasteiger partial charge in [-0.2, -0.15) is 5.10 Å². The Morgan fingerprint density at radius 3 is 2.83 bits per heavy atom. The first kappa shape index (κ1) is 21.2. The molecule has 2 N–H and O–H groups in total. The highest BCUT2D eigenvalue weighted by atomic mass is 127. The number of carbonyl (C=O) groups excluding carboxylic acids is 1. The van der Waals surface area contributed by atoms with Gasteiger partial charge in [-0.25, -0.2) is 4.99 Å². The first-order chi connectivity index (χ1) is 13.6. The highest BCUT2D eigenvalue weighted by Crippen LogP contribution is 2.17. The molecular weight excluding hydrogens is 481 g/mol. The molecule has 1 aliphatic rings. The Morgan fingerprint density at radius 1 is 1.31 bits per heavy atom. The Balaban J connectivity index is 0.00000240. The van der Waals surface area contributed by atoms with Crippen molar-refractivity contribution in [2.24, 2.45) is 12.0 Å². The van der Waals surface area contributed by atoms with Crippen molar-refractivity contribution in [3.63, 3.8) is 0 Å². The normalized spacial score (nSPS) is 15.0. The number of H-pyrrole nitrogens is 1. The lowest BCUT2D eigenvalue weighted by Gasteiger charge is -2.35. The summed E-state index contributed by atoms with van der Waals surface area (Å²) in [5, 5.41) is 8.65. The van der Waals surface area contributed by atoms with Crippen molar-refractivity contribution >= 4 is 52.4 Å². The van der Waals surface area contributed by atoms with Gasteiger partial charge in [0.25, 0.3) is 0 Å². The Hall–Kier alpha value is -2.56. The Kier molecular flexibility index (Phi) is 6.78. The molecule has 8 nitrogen and oxygen atoms in total. The van der Waals surface area contributed by atoms with Crippen molar-refractivity contribution in [1.82, 2.24) is 25.0 Å². The zero-order valence-corrected chi connectivity index (χ0v) is 19.0. The third-order valence-corrected chi connectivity index (χ3v) is 4.84.